The van der Waals surface area contributed by atoms with Gasteiger partial charge in [-0.25, -0.2) is 4.98 Å². The number of aromatic nitrogens is 1. The van der Waals surface area contributed by atoms with Crippen molar-refractivity contribution in [2.24, 2.45) is 0 Å². The van der Waals surface area contributed by atoms with Gasteiger partial charge in [0.25, 0.3) is 11.8 Å². The number of nitrogens with one attached hydrogen (secondary N) is 2. The van der Waals surface area contributed by atoms with Gasteiger partial charge in [-0.1, -0.05) is 18.9 Å². The molecule has 2 amide bonds. The molecule has 1 aromatic heterocycles. The summed E-state index contributed by atoms with van der Waals surface area (Å²) < 4.78 is 5.48. The Balaban J connectivity index is 1.57. The van der Waals surface area contributed by atoms with Crippen LogP contribution in [0.3, 0.4) is 0 Å². The molecule has 1 saturated heterocycles. The van der Waals surface area contributed by atoms with Crippen LogP contribution in [0, 0.1) is 0 Å². The molecular formula is C17H23N3O3. The van der Waals surface area contributed by atoms with Crippen molar-refractivity contribution < 1.29 is 14.3 Å². The first-order valence-corrected chi connectivity index (χ1v) is 8.40. The molecule has 1 atom stereocenters. The lowest BCUT2D eigenvalue weighted by atomic mass is 10.2. The van der Waals surface area contributed by atoms with Crippen LogP contribution in [0.1, 0.15) is 59.5 Å². The summed E-state index contributed by atoms with van der Waals surface area (Å²) in [6.07, 6.45) is 6.45. The molecule has 0 spiro atoms. The molecule has 1 saturated carbocycles. The van der Waals surface area contributed by atoms with E-state index in [0.29, 0.717) is 12.2 Å². The molecule has 6 nitrogen and oxygen atoms in total. The molecule has 1 aliphatic carbocycles. The van der Waals surface area contributed by atoms with Gasteiger partial charge in [0.05, 0.1) is 6.10 Å². The summed E-state index contributed by atoms with van der Waals surface area (Å²) >= 11 is 0. The van der Waals surface area contributed by atoms with Gasteiger partial charge < -0.3 is 15.4 Å². The molecule has 2 N–H and O–H groups in total. The molecule has 2 aliphatic rings. The van der Waals surface area contributed by atoms with Crippen LogP contribution in [0.4, 0.5) is 0 Å². The van der Waals surface area contributed by atoms with E-state index in [4.69, 9.17) is 4.74 Å². The van der Waals surface area contributed by atoms with Crippen LogP contribution >= 0.6 is 0 Å². The van der Waals surface area contributed by atoms with Gasteiger partial charge in [0.15, 0.2) is 0 Å². The van der Waals surface area contributed by atoms with Crippen LogP contribution < -0.4 is 10.6 Å². The van der Waals surface area contributed by atoms with Crippen LogP contribution in [0.15, 0.2) is 18.2 Å². The maximum absolute atomic E-state index is 12.2. The maximum Gasteiger partial charge on any atom is 0.270 e. The number of hydrogen-bond donors (Lipinski definition) is 2. The lowest BCUT2D eigenvalue weighted by Gasteiger charge is -2.12. The molecule has 0 radical (unpaired) electrons. The van der Waals surface area contributed by atoms with Crippen molar-refractivity contribution in [2.45, 2.75) is 50.7 Å². The highest BCUT2D eigenvalue weighted by atomic mass is 16.5. The molecular weight excluding hydrogens is 294 g/mol. The first kappa shape index (κ1) is 15.9. The van der Waals surface area contributed by atoms with Crippen molar-refractivity contribution in [1.29, 1.82) is 0 Å². The van der Waals surface area contributed by atoms with Gasteiger partial charge in [-0.05, 0) is 37.8 Å². The molecule has 3 rings (SSSR count). The van der Waals surface area contributed by atoms with Gasteiger partial charge >= 0.3 is 0 Å². The summed E-state index contributed by atoms with van der Waals surface area (Å²) in [5, 5.41) is 5.81. The van der Waals surface area contributed by atoms with Crippen LogP contribution in [0.25, 0.3) is 0 Å². The topological polar surface area (TPSA) is 80.3 Å². The largest absolute Gasteiger partial charge is 0.376 e. The number of rotatable bonds is 5. The smallest absolute Gasteiger partial charge is 0.270 e. The van der Waals surface area contributed by atoms with Crippen molar-refractivity contribution in [1.82, 2.24) is 15.6 Å². The number of carbonyl (C=O) groups excluding carboxylic acids is 2. The average Bonchev–Trinajstić information content (AvgIpc) is 3.26. The van der Waals surface area contributed by atoms with E-state index in [9.17, 15) is 9.59 Å². The molecule has 0 bridgehead atoms. The molecule has 2 fully saturated rings. The second kappa shape index (κ2) is 7.55. The fourth-order valence-electron chi connectivity index (χ4n) is 3.12. The number of pyridine rings is 1. The van der Waals surface area contributed by atoms with Crippen molar-refractivity contribution in [3.05, 3.63) is 29.6 Å². The first-order chi connectivity index (χ1) is 11.2. The van der Waals surface area contributed by atoms with E-state index >= 15 is 0 Å². The lowest BCUT2D eigenvalue weighted by molar-refractivity contribution is 0.0853. The third-order valence-corrected chi connectivity index (χ3v) is 4.42. The normalized spacial score (nSPS) is 21.3. The fraction of sp³-hybridized carbons (Fsp3) is 0.588. The Morgan fingerprint density at radius 3 is 2.52 bits per heavy atom. The fourth-order valence-corrected chi connectivity index (χ4v) is 3.12. The second-order valence-electron chi connectivity index (χ2n) is 6.21. The molecule has 124 valence electrons. The Bertz CT molecular complexity index is 564. The minimum absolute atomic E-state index is 0.0906. The predicted octanol–water partition coefficient (Wildman–Crippen LogP) is 1.66. The summed E-state index contributed by atoms with van der Waals surface area (Å²) in [5.41, 5.74) is 0.559. The van der Waals surface area contributed by atoms with Crippen LogP contribution in [0.5, 0.6) is 0 Å². The molecule has 23 heavy (non-hydrogen) atoms. The van der Waals surface area contributed by atoms with E-state index in [0.717, 1.165) is 45.1 Å². The predicted molar refractivity (Wildman–Crippen MR) is 85.3 cm³/mol. The molecule has 1 aromatic rings. The Morgan fingerprint density at radius 1 is 1.09 bits per heavy atom. The summed E-state index contributed by atoms with van der Waals surface area (Å²) in [7, 11) is 0. The molecule has 2 heterocycles. The number of hydrogen-bond acceptors (Lipinski definition) is 4. The molecule has 1 unspecified atom stereocenters. The standard InChI is InChI=1S/C17H23N3O3/c21-16(18-11-13-7-4-10-23-13)14-8-3-9-15(20-14)17(22)19-12-5-1-2-6-12/h3,8-9,12-13H,1-2,4-7,10-11H2,(H,18,21)(H,19,22). The highest BCUT2D eigenvalue weighted by Gasteiger charge is 2.20. The molecule has 0 aromatic carbocycles. The second-order valence-corrected chi connectivity index (χ2v) is 6.21. The van der Waals surface area contributed by atoms with E-state index in [1.807, 2.05) is 0 Å². The lowest BCUT2D eigenvalue weighted by Crippen LogP contribution is -2.34. The van der Waals surface area contributed by atoms with Crippen molar-refractivity contribution in [3.63, 3.8) is 0 Å². The Hall–Kier alpha value is -1.95. The van der Waals surface area contributed by atoms with E-state index in [-0.39, 0.29) is 29.7 Å². The Labute approximate surface area is 136 Å². The third kappa shape index (κ3) is 4.28. The molecule has 1 aliphatic heterocycles. The highest BCUT2D eigenvalue weighted by Crippen LogP contribution is 2.18. The van der Waals surface area contributed by atoms with Gasteiger partial charge in [0.1, 0.15) is 11.4 Å². The van der Waals surface area contributed by atoms with Gasteiger partial charge in [-0.3, -0.25) is 9.59 Å². The van der Waals surface area contributed by atoms with Crippen molar-refractivity contribution >= 4 is 11.8 Å². The quantitative estimate of drug-likeness (QED) is 0.865. The van der Waals surface area contributed by atoms with Crippen LogP contribution in [-0.4, -0.2) is 42.1 Å². The SMILES string of the molecule is O=C(NCC1CCCO1)c1cccc(C(=O)NC2CCCC2)n1. The number of amides is 2. The minimum atomic E-state index is -0.268. The number of carbonyl (C=O) groups is 2. The highest BCUT2D eigenvalue weighted by molar-refractivity contribution is 5.96. The first-order valence-electron chi connectivity index (χ1n) is 8.40. The minimum Gasteiger partial charge on any atom is -0.376 e. The third-order valence-electron chi connectivity index (χ3n) is 4.42. The maximum atomic E-state index is 12.2. The monoisotopic (exact) mass is 317 g/mol. The van der Waals surface area contributed by atoms with Crippen molar-refractivity contribution in [2.75, 3.05) is 13.2 Å². The Kier molecular flexibility index (Phi) is 5.23. The zero-order chi connectivity index (χ0) is 16.1. The van der Waals surface area contributed by atoms with Gasteiger partial charge in [0, 0.05) is 19.2 Å². The van der Waals surface area contributed by atoms with E-state index in [2.05, 4.69) is 15.6 Å². The van der Waals surface area contributed by atoms with Crippen LogP contribution in [0.2, 0.25) is 0 Å². The summed E-state index contributed by atoms with van der Waals surface area (Å²) in [5.74, 6) is -0.471. The van der Waals surface area contributed by atoms with E-state index in [1.54, 1.807) is 18.2 Å². The van der Waals surface area contributed by atoms with E-state index in [1.165, 1.54) is 0 Å². The Morgan fingerprint density at radius 2 is 1.83 bits per heavy atom. The number of ether oxygens (including phenoxy) is 1. The average molecular weight is 317 g/mol. The summed E-state index contributed by atoms with van der Waals surface area (Å²) in [6.45, 7) is 1.24. The molecule has 6 heteroatoms. The van der Waals surface area contributed by atoms with Gasteiger partial charge in [0.2, 0.25) is 0 Å². The zero-order valence-electron chi connectivity index (χ0n) is 13.2. The number of nitrogens with zero attached hydrogens (tertiary/aromatic N) is 1. The van der Waals surface area contributed by atoms with Crippen LogP contribution in [-0.2, 0) is 4.74 Å². The zero-order valence-corrected chi connectivity index (χ0v) is 13.2. The van der Waals surface area contributed by atoms with E-state index < -0.39 is 0 Å². The summed E-state index contributed by atoms with van der Waals surface area (Å²) in [6, 6.07) is 5.19. The summed E-state index contributed by atoms with van der Waals surface area (Å²) in [4.78, 5) is 28.6. The van der Waals surface area contributed by atoms with Crippen molar-refractivity contribution in [3.8, 4) is 0 Å². The van der Waals surface area contributed by atoms with Gasteiger partial charge in [-0.2, -0.15) is 0 Å². The van der Waals surface area contributed by atoms with Gasteiger partial charge in [-0.15, -0.1) is 0 Å².